The van der Waals surface area contributed by atoms with Gasteiger partial charge in [-0.3, -0.25) is 4.79 Å². The number of hydrogen-bond donors (Lipinski definition) is 3. The lowest BCUT2D eigenvalue weighted by Crippen LogP contribution is -3.28. The molecular formula is C18H24Cl2N4O2+2. The average Bonchev–Trinajstić information content (AvgIpc) is 3.01. The maximum absolute atomic E-state index is 12.2. The topological polar surface area (TPSA) is 64.0 Å². The summed E-state index contributed by atoms with van der Waals surface area (Å²) >= 11 is 12.0. The molecule has 0 atom stereocenters. The first-order valence-electron chi connectivity index (χ1n) is 8.79. The van der Waals surface area contributed by atoms with E-state index in [2.05, 4.69) is 10.5 Å². The fourth-order valence-corrected chi connectivity index (χ4v) is 3.69. The van der Waals surface area contributed by atoms with Crippen LogP contribution in [0.15, 0.2) is 28.8 Å². The fourth-order valence-electron chi connectivity index (χ4n) is 3.22. The highest BCUT2D eigenvalue weighted by atomic mass is 35.5. The van der Waals surface area contributed by atoms with Crippen LogP contribution in [0.1, 0.15) is 17.0 Å². The Balaban J connectivity index is 1.39. The van der Waals surface area contributed by atoms with Crippen LogP contribution in [-0.4, -0.2) is 43.8 Å². The van der Waals surface area contributed by atoms with Crippen LogP contribution < -0.4 is 15.1 Å². The molecule has 0 saturated carbocycles. The number of halogens is 2. The maximum atomic E-state index is 12.2. The Kier molecular flexibility index (Phi) is 6.53. The summed E-state index contributed by atoms with van der Waals surface area (Å²) < 4.78 is 5.12. The Hall–Kier alpha value is -1.60. The van der Waals surface area contributed by atoms with E-state index in [1.165, 1.54) is 9.80 Å². The molecule has 0 bridgehead atoms. The molecule has 0 unspecified atom stereocenters. The monoisotopic (exact) mass is 398 g/mol. The van der Waals surface area contributed by atoms with Crippen LogP contribution in [0.2, 0.25) is 10.0 Å². The van der Waals surface area contributed by atoms with Crippen molar-refractivity contribution in [3.8, 4) is 0 Å². The lowest BCUT2D eigenvalue weighted by molar-refractivity contribution is -1.02. The van der Waals surface area contributed by atoms with Gasteiger partial charge in [0.1, 0.15) is 44.2 Å². The third-order valence-corrected chi connectivity index (χ3v) is 5.26. The first-order chi connectivity index (χ1) is 12.5. The van der Waals surface area contributed by atoms with Gasteiger partial charge >= 0.3 is 0 Å². The molecule has 1 aliphatic rings. The van der Waals surface area contributed by atoms with E-state index in [4.69, 9.17) is 27.7 Å². The summed E-state index contributed by atoms with van der Waals surface area (Å²) in [4.78, 5) is 15.0. The van der Waals surface area contributed by atoms with Crippen molar-refractivity contribution in [2.24, 2.45) is 0 Å². The van der Waals surface area contributed by atoms with Crippen LogP contribution in [0.5, 0.6) is 0 Å². The molecule has 1 aromatic carbocycles. The quantitative estimate of drug-likeness (QED) is 0.635. The molecule has 0 aliphatic carbocycles. The molecule has 1 aromatic heterocycles. The van der Waals surface area contributed by atoms with Crippen molar-refractivity contribution in [1.29, 1.82) is 0 Å². The van der Waals surface area contributed by atoms with Crippen molar-refractivity contribution in [1.82, 2.24) is 10.5 Å². The van der Waals surface area contributed by atoms with E-state index in [0.29, 0.717) is 23.1 Å². The van der Waals surface area contributed by atoms with Crippen LogP contribution in [0, 0.1) is 6.92 Å². The predicted molar refractivity (Wildman–Crippen MR) is 99.5 cm³/mol. The number of aryl methyl sites for hydroxylation is 1. The first-order valence-corrected chi connectivity index (χ1v) is 9.55. The number of benzene rings is 1. The van der Waals surface area contributed by atoms with Crippen molar-refractivity contribution in [2.45, 2.75) is 20.0 Å². The fraction of sp³-hybridized carbons (Fsp3) is 0.444. The molecule has 26 heavy (non-hydrogen) atoms. The third-order valence-electron chi connectivity index (χ3n) is 4.67. The van der Waals surface area contributed by atoms with Crippen LogP contribution in [-0.2, 0) is 17.9 Å². The third kappa shape index (κ3) is 5.45. The second kappa shape index (κ2) is 8.86. The molecule has 8 heteroatoms. The lowest BCUT2D eigenvalue weighted by atomic mass is 10.2. The number of rotatable bonds is 6. The summed E-state index contributed by atoms with van der Waals surface area (Å²) in [5, 5.41) is 8.17. The maximum Gasteiger partial charge on any atom is 0.275 e. The van der Waals surface area contributed by atoms with Gasteiger partial charge in [-0.25, -0.2) is 0 Å². The van der Waals surface area contributed by atoms with E-state index in [9.17, 15) is 4.79 Å². The number of piperazine rings is 1. The highest BCUT2D eigenvalue weighted by Crippen LogP contribution is 2.20. The zero-order valence-corrected chi connectivity index (χ0v) is 16.3. The number of aromatic nitrogens is 1. The minimum atomic E-state index is 0.0431. The molecule has 6 nitrogen and oxygen atoms in total. The summed E-state index contributed by atoms with van der Waals surface area (Å²) in [5.74, 6) is 0.891. The lowest BCUT2D eigenvalue weighted by Gasteiger charge is -2.28. The van der Waals surface area contributed by atoms with Gasteiger partial charge in [0.15, 0.2) is 6.54 Å². The molecule has 1 saturated heterocycles. The Bertz CT molecular complexity index is 757. The van der Waals surface area contributed by atoms with E-state index in [1.54, 1.807) is 12.1 Å². The SMILES string of the molecule is Cc1cc(C[NH+]2CC[NH+](CC(=O)NCc3ccc(Cl)cc3Cl)CC2)no1. The highest BCUT2D eigenvalue weighted by Gasteiger charge is 2.25. The summed E-state index contributed by atoms with van der Waals surface area (Å²) in [6.45, 7) is 7.69. The van der Waals surface area contributed by atoms with Gasteiger partial charge in [0.2, 0.25) is 0 Å². The molecular weight excluding hydrogens is 375 g/mol. The van der Waals surface area contributed by atoms with Gasteiger partial charge in [-0.1, -0.05) is 34.4 Å². The number of carbonyl (C=O) groups is 1. The second-order valence-corrected chi connectivity index (χ2v) is 7.64. The molecule has 2 aromatic rings. The van der Waals surface area contributed by atoms with E-state index in [0.717, 1.165) is 49.7 Å². The zero-order valence-electron chi connectivity index (χ0n) is 14.8. The number of nitrogens with one attached hydrogen (secondary N) is 3. The van der Waals surface area contributed by atoms with Gasteiger partial charge in [-0.2, -0.15) is 0 Å². The molecule has 0 radical (unpaired) electrons. The zero-order chi connectivity index (χ0) is 18.5. The highest BCUT2D eigenvalue weighted by molar-refractivity contribution is 6.35. The van der Waals surface area contributed by atoms with Gasteiger partial charge < -0.3 is 19.6 Å². The summed E-state index contributed by atoms with van der Waals surface area (Å²) in [6, 6.07) is 7.29. The number of hydrogen-bond acceptors (Lipinski definition) is 3. The predicted octanol–water partition coefficient (Wildman–Crippen LogP) is -0.110. The van der Waals surface area contributed by atoms with E-state index < -0.39 is 0 Å². The Morgan fingerprint density at radius 3 is 2.58 bits per heavy atom. The van der Waals surface area contributed by atoms with E-state index in [1.807, 2.05) is 19.1 Å². The van der Waals surface area contributed by atoms with Crippen molar-refractivity contribution < 1.29 is 19.1 Å². The molecule has 3 rings (SSSR count). The number of quaternary nitrogens is 2. The van der Waals surface area contributed by atoms with Gasteiger partial charge in [-0.15, -0.1) is 0 Å². The van der Waals surface area contributed by atoms with Gasteiger partial charge in [0, 0.05) is 22.7 Å². The largest absolute Gasteiger partial charge is 0.361 e. The van der Waals surface area contributed by atoms with Crippen LogP contribution in [0.3, 0.4) is 0 Å². The standard InChI is InChI=1S/C18H22Cl2N4O2/c1-13-8-16(22-26-13)11-23-4-6-24(7-5-23)12-18(25)21-10-14-2-3-15(19)9-17(14)20/h2-3,8-9H,4-7,10-12H2,1H3,(H,21,25)/p+2. The van der Waals surface area contributed by atoms with Gasteiger partial charge in [0.25, 0.3) is 5.91 Å². The number of amides is 1. The van der Waals surface area contributed by atoms with Gasteiger partial charge in [-0.05, 0) is 24.6 Å². The van der Waals surface area contributed by atoms with Crippen LogP contribution >= 0.6 is 23.2 Å². The summed E-state index contributed by atoms with van der Waals surface area (Å²) in [5.41, 5.74) is 1.87. The normalized spacial score (nSPS) is 20.1. The summed E-state index contributed by atoms with van der Waals surface area (Å²) in [7, 11) is 0. The van der Waals surface area contributed by atoms with Gasteiger partial charge in [0.05, 0.1) is 0 Å². The minimum Gasteiger partial charge on any atom is -0.361 e. The van der Waals surface area contributed by atoms with E-state index >= 15 is 0 Å². The van der Waals surface area contributed by atoms with Crippen molar-refractivity contribution in [2.75, 3.05) is 32.7 Å². The average molecular weight is 399 g/mol. The second-order valence-electron chi connectivity index (χ2n) is 6.79. The molecule has 1 aliphatic heterocycles. The molecule has 2 heterocycles. The Morgan fingerprint density at radius 2 is 1.92 bits per heavy atom. The van der Waals surface area contributed by atoms with Crippen LogP contribution in [0.4, 0.5) is 0 Å². The molecule has 1 fully saturated rings. The van der Waals surface area contributed by atoms with E-state index in [-0.39, 0.29) is 5.91 Å². The Morgan fingerprint density at radius 1 is 1.19 bits per heavy atom. The minimum absolute atomic E-state index is 0.0431. The smallest absolute Gasteiger partial charge is 0.275 e. The number of nitrogens with zero attached hydrogens (tertiary/aromatic N) is 1. The molecule has 3 N–H and O–H groups in total. The summed E-state index contributed by atoms with van der Waals surface area (Å²) in [6.07, 6.45) is 0. The first kappa shape index (κ1) is 19.2. The molecule has 0 spiro atoms. The van der Waals surface area contributed by atoms with Crippen LogP contribution in [0.25, 0.3) is 0 Å². The van der Waals surface area contributed by atoms with Crippen molar-refractivity contribution in [3.63, 3.8) is 0 Å². The Labute approximate surface area is 163 Å². The van der Waals surface area contributed by atoms with Crippen molar-refractivity contribution in [3.05, 3.63) is 51.3 Å². The molecule has 1 amide bonds. The molecule has 140 valence electrons. The number of carbonyl (C=O) groups excluding carboxylic acids is 1. The van der Waals surface area contributed by atoms with Crippen molar-refractivity contribution >= 4 is 29.1 Å².